The van der Waals surface area contributed by atoms with Crippen LogP contribution in [0.25, 0.3) is 11.5 Å². The van der Waals surface area contributed by atoms with E-state index in [0.29, 0.717) is 30.4 Å². The highest BCUT2D eigenvalue weighted by Crippen LogP contribution is 2.22. The number of hydrogen-bond acceptors (Lipinski definition) is 6. The number of nitrogens with one attached hydrogen (secondary N) is 2. The van der Waals surface area contributed by atoms with Crippen molar-refractivity contribution >= 4 is 11.8 Å². The molecule has 2 aromatic rings. The molecule has 1 atom stereocenters. The summed E-state index contributed by atoms with van der Waals surface area (Å²) < 4.78 is 10.7. The van der Waals surface area contributed by atoms with Crippen LogP contribution in [0.2, 0.25) is 0 Å². The van der Waals surface area contributed by atoms with Crippen LogP contribution >= 0.6 is 0 Å². The second kappa shape index (κ2) is 6.47. The Morgan fingerprint density at radius 1 is 1.48 bits per heavy atom. The Balaban J connectivity index is 1.61. The van der Waals surface area contributed by atoms with Crippen molar-refractivity contribution in [1.82, 2.24) is 20.8 Å². The second-order valence-corrected chi connectivity index (χ2v) is 5.11. The molecule has 8 nitrogen and oxygen atoms in total. The highest BCUT2D eigenvalue weighted by atomic mass is 16.5. The van der Waals surface area contributed by atoms with Crippen LogP contribution in [0.15, 0.2) is 28.7 Å². The van der Waals surface area contributed by atoms with Crippen LogP contribution in [-0.4, -0.2) is 35.2 Å². The zero-order chi connectivity index (χ0) is 16.2. The molecule has 2 N–H and O–H groups in total. The third-order valence-corrected chi connectivity index (χ3v) is 3.51. The van der Waals surface area contributed by atoms with Crippen molar-refractivity contribution in [1.29, 1.82) is 0 Å². The molecular weight excluding hydrogens is 300 g/mol. The number of nitrogens with zero attached hydrogens (tertiary/aromatic N) is 2. The summed E-state index contributed by atoms with van der Waals surface area (Å²) in [7, 11) is 1.58. The standard InChI is InChI=1S/C15H16N4O4/c1-22-10-4-2-3-9(7-10)15-19-18-13(23-15)8-16-14(21)11-5-6-12(20)17-11/h2-4,7,11H,5-6,8H2,1H3,(H,16,21)(H,17,20). The Labute approximate surface area is 132 Å². The fraction of sp³-hybridized carbons (Fsp3) is 0.333. The quantitative estimate of drug-likeness (QED) is 0.838. The number of ether oxygens (including phenoxy) is 1. The second-order valence-electron chi connectivity index (χ2n) is 5.11. The Morgan fingerprint density at radius 3 is 3.09 bits per heavy atom. The molecule has 1 aromatic carbocycles. The molecule has 1 aliphatic heterocycles. The van der Waals surface area contributed by atoms with Crippen LogP contribution in [0.4, 0.5) is 0 Å². The zero-order valence-electron chi connectivity index (χ0n) is 12.5. The first-order valence-electron chi connectivity index (χ1n) is 7.19. The van der Waals surface area contributed by atoms with E-state index in [2.05, 4.69) is 20.8 Å². The van der Waals surface area contributed by atoms with Crippen LogP contribution in [0, 0.1) is 0 Å². The lowest BCUT2D eigenvalue weighted by Gasteiger charge is -2.08. The van der Waals surface area contributed by atoms with Crippen molar-refractivity contribution in [3.05, 3.63) is 30.2 Å². The van der Waals surface area contributed by atoms with E-state index in [0.717, 1.165) is 5.56 Å². The molecule has 1 unspecified atom stereocenters. The Kier molecular flexibility index (Phi) is 4.22. The fourth-order valence-electron chi connectivity index (χ4n) is 2.29. The lowest BCUT2D eigenvalue weighted by atomic mass is 10.2. The lowest BCUT2D eigenvalue weighted by molar-refractivity contribution is -0.125. The molecular formula is C15H16N4O4. The number of aromatic nitrogens is 2. The summed E-state index contributed by atoms with van der Waals surface area (Å²) in [5.74, 6) is 0.968. The smallest absolute Gasteiger partial charge is 0.247 e. The molecule has 0 bridgehead atoms. The Morgan fingerprint density at radius 2 is 2.35 bits per heavy atom. The number of methoxy groups -OCH3 is 1. The van der Waals surface area contributed by atoms with Gasteiger partial charge in [-0.1, -0.05) is 6.07 Å². The average molecular weight is 316 g/mol. The van der Waals surface area contributed by atoms with Gasteiger partial charge in [-0.25, -0.2) is 0 Å². The predicted molar refractivity (Wildman–Crippen MR) is 79.3 cm³/mol. The monoisotopic (exact) mass is 316 g/mol. The summed E-state index contributed by atoms with van der Waals surface area (Å²) in [6, 6.07) is 6.76. The van der Waals surface area contributed by atoms with Crippen LogP contribution in [0.5, 0.6) is 5.75 Å². The van der Waals surface area contributed by atoms with Gasteiger partial charge in [-0.15, -0.1) is 10.2 Å². The van der Waals surface area contributed by atoms with E-state index in [4.69, 9.17) is 9.15 Å². The number of rotatable bonds is 5. The molecule has 0 spiro atoms. The Hall–Kier alpha value is -2.90. The van der Waals surface area contributed by atoms with E-state index in [1.165, 1.54) is 0 Å². The van der Waals surface area contributed by atoms with Crippen LogP contribution in [-0.2, 0) is 16.1 Å². The normalized spacial score (nSPS) is 16.9. The number of carbonyl (C=O) groups excluding carboxylic acids is 2. The Bertz CT molecular complexity index is 728. The van der Waals surface area contributed by atoms with Crippen LogP contribution in [0.3, 0.4) is 0 Å². The van der Waals surface area contributed by atoms with Crippen LogP contribution in [0.1, 0.15) is 18.7 Å². The van der Waals surface area contributed by atoms with Crippen molar-refractivity contribution in [2.45, 2.75) is 25.4 Å². The van der Waals surface area contributed by atoms with Crippen LogP contribution < -0.4 is 15.4 Å². The van der Waals surface area contributed by atoms with E-state index in [9.17, 15) is 9.59 Å². The summed E-state index contributed by atoms with van der Waals surface area (Å²) in [4.78, 5) is 23.0. The van der Waals surface area contributed by atoms with Gasteiger partial charge in [0, 0.05) is 12.0 Å². The first-order valence-corrected chi connectivity index (χ1v) is 7.19. The molecule has 120 valence electrons. The van der Waals surface area contributed by atoms with E-state index in [1.807, 2.05) is 18.2 Å². The zero-order valence-corrected chi connectivity index (χ0v) is 12.5. The molecule has 0 saturated carbocycles. The fourth-order valence-corrected chi connectivity index (χ4v) is 2.29. The van der Waals surface area contributed by atoms with Crippen molar-refractivity contribution in [3.8, 4) is 17.2 Å². The lowest BCUT2D eigenvalue weighted by Crippen LogP contribution is -2.41. The maximum absolute atomic E-state index is 11.9. The summed E-state index contributed by atoms with van der Waals surface area (Å²) in [6.45, 7) is 0.113. The van der Waals surface area contributed by atoms with Gasteiger partial charge in [0.25, 0.3) is 0 Å². The van der Waals surface area contributed by atoms with Gasteiger partial charge in [-0.2, -0.15) is 0 Å². The third-order valence-electron chi connectivity index (χ3n) is 3.51. The predicted octanol–water partition coefficient (Wildman–Crippen LogP) is 0.640. The first kappa shape index (κ1) is 15.0. The van der Waals surface area contributed by atoms with Gasteiger partial charge < -0.3 is 19.8 Å². The minimum absolute atomic E-state index is 0.108. The molecule has 2 amide bonds. The highest BCUT2D eigenvalue weighted by Gasteiger charge is 2.27. The maximum atomic E-state index is 11.9. The number of amides is 2. The van der Waals surface area contributed by atoms with E-state index in [1.54, 1.807) is 13.2 Å². The topological polar surface area (TPSA) is 106 Å². The number of hydrogen-bond donors (Lipinski definition) is 2. The molecule has 8 heteroatoms. The maximum Gasteiger partial charge on any atom is 0.247 e. The van der Waals surface area contributed by atoms with Gasteiger partial charge in [0.15, 0.2) is 0 Å². The minimum atomic E-state index is -0.483. The minimum Gasteiger partial charge on any atom is -0.497 e. The molecule has 1 aliphatic rings. The van der Waals surface area contributed by atoms with E-state index in [-0.39, 0.29) is 18.4 Å². The average Bonchev–Trinajstić information content (AvgIpc) is 3.22. The molecule has 2 heterocycles. The van der Waals surface area contributed by atoms with E-state index < -0.39 is 6.04 Å². The van der Waals surface area contributed by atoms with Crippen molar-refractivity contribution in [2.75, 3.05) is 7.11 Å². The third kappa shape index (κ3) is 3.47. The van der Waals surface area contributed by atoms with Gasteiger partial charge in [-0.05, 0) is 24.6 Å². The summed E-state index contributed by atoms with van der Waals surface area (Å²) in [5, 5.41) is 13.1. The van der Waals surface area contributed by atoms with E-state index >= 15 is 0 Å². The molecule has 1 fully saturated rings. The van der Waals surface area contributed by atoms with Gasteiger partial charge in [0.1, 0.15) is 11.8 Å². The highest BCUT2D eigenvalue weighted by molar-refractivity contribution is 5.90. The van der Waals surface area contributed by atoms with Gasteiger partial charge in [0.05, 0.1) is 13.7 Å². The number of benzene rings is 1. The molecule has 0 radical (unpaired) electrons. The van der Waals surface area contributed by atoms with Gasteiger partial charge >= 0.3 is 0 Å². The molecule has 3 rings (SSSR count). The van der Waals surface area contributed by atoms with Gasteiger partial charge in [0.2, 0.25) is 23.6 Å². The summed E-state index contributed by atoms with van der Waals surface area (Å²) in [6.07, 6.45) is 0.877. The van der Waals surface area contributed by atoms with Gasteiger partial charge in [-0.3, -0.25) is 9.59 Å². The van der Waals surface area contributed by atoms with Crippen molar-refractivity contribution in [2.24, 2.45) is 0 Å². The van der Waals surface area contributed by atoms with Crippen molar-refractivity contribution in [3.63, 3.8) is 0 Å². The first-order chi connectivity index (χ1) is 11.2. The molecule has 0 aliphatic carbocycles. The number of carbonyl (C=O) groups is 2. The molecule has 23 heavy (non-hydrogen) atoms. The molecule has 1 saturated heterocycles. The molecule has 1 aromatic heterocycles. The summed E-state index contributed by atoms with van der Waals surface area (Å²) in [5.41, 5.74) is 0.734. The van der Waals surface area contributed by atoms with Crippen molar-refractivity contribution < 1.29 is 18.7 Å². The largest absolute Gasteiger partial charge is 0.497 e. The summed E-state index contributed by atoms with van der Waals surface area (Å²) >= 11 is 0. The SMILES string of the molecule is COc1cccc(-c2nnc(CNC(=O)C3CCC(=O)N3)o2)c1.